The quantitative estimate of drug-likeness (QED) is 0.772. The van der Waals surface area contributed by atoms with Gasteiger partial charge in [0, 0.05) is 12.3 Å². The maximum atomic E-state index is 5.08. The third kappa shape index (κ3) is 1.56. The number of ether oxygens (including phenoxy) is 1. The molecule has 72 valence electrons. The molecule has 0 radical (unpaired) electrons. The molecule has 14 heavy (non-hydrogen) atoms. The van der Waals surface area contributed by atoms with E-state index in [0.717, 1.165) is 11.6 Å². The molecule has 0 bridgehead atoms. The Morgan fingerprint density at radius 3 is 2.93 bits per heavy atom. The summed E-state index contributed by atoms with van der Waals surface area (Å²) in [5.41, 5.74) is 0.703. The van der Waals surface area contributed by atoms with Gasteiger partial charge < -0.3 is 4.74 Å². The SMILES string of the molecule is COc1ccnc(-c2n[nH]c(C)n2)c1. The molecule has 0 spiro atoms. The van der Waals surface area contributed by atoms with Gasteiger partial charge in [0.25, 0.3) is 0 Å². The van der Waals surface area contributed by atoms with Crippen molar-refractivity contribution in [1.29, 1.82) is 0 Å². The van der Waals surface area contributed by atoms with Crippen LogP contribution in [0.3, 0.4) is 0 Å². The van der Waals surface area contributed by atoms with E-state index in [4.69, 9.17) is 4.74 Å². The molecule has 0 saturated heterocycles. The molecule has 2 rings (SSSR count). The highest BCUT2D eigenvalue weighted by Crippen LogP contribution is 2.17. The zero-order valence-electron chi connectivity index (χ0n) is 7.98. The number of nitrogens with one attached hydrogen (secondary N) is 1. The van der Waals surface area contributed by atoms with Crippen LogP contribution in [0.1, 0.15) is 5.82 Å². The lowest BCUT2D eigenvalue weighted by atomic mass is 10.3. The van der Waals surface area contributed by atoms with Gasteiger partial charge in [-0.3, -0.25) is 10.1 Å². The van der Waals surface area contributed by atoms with E-state index < -0.39 is 0 Å². The third-order valence-electron chi connectivity index (χ3n) is 1.79. The van der Waals surface area contributed by atoms with Crippen LogP contribution in [0.25, 0.3) is 11.5 Å². The lowest BCUT2D eigenvalue weighted by Gasteiger charge is -1.99. The van der Waals surface area contributed by atoms with E-state index in [9.17, 15) is 0 Å². The van der Waals surface area contributed by atoms with Crippen LogP contribution < -0.4 is 4.74 Å². The highest BCUT2D eigenvalue weighted by atomic mass is 16.5. The van der Waals surface area contributed by atoms with Crippen LogP contribution in [-0.2, 0) is 0 Å². The molecule has 0 aliphatic heterocycles. The van der Waals surface area contributed by atoms with Crippen molar-refractivity contribution in [3.63, 3.8) is 0 Å². The summed E-state index contributed by atoms with van der Waals surface area (Å²) in [6, 6.07) is 3.58. The number of aromatic amines is 1. The molecular formula is C9H10N4O. The molecular weight excluding hydrogens is 180 g/mol. The molecule has 0 aromatic carbocycles. The second-order valence-corrected chi connectivity index (χ2v) is 2.83. The van der Waals surface area contributed by atoms with Gasteiger partial charge in [-0.2, -0.15) is 5.10 Å². The van der Waals surface area contributed by atoms with Gasteiger partial charge in [0.1, 0.15) is 17.3 Å². The zero-order chi connectivity index (χ0) is 9.97. The van der Waals surface area contributed by atoms with Crippen LogP contribution in [0.2, 0.25) is 0 Å². The van der Waals surface area contributed by atoms with Gasteiger partial charge in [0.2, 0.25) is 0 Å². The number of hydrogen-bond donors (Lipinski definition) is 1. The standard InChI is InChI=1S/C9H10N4O/c1-6-11-9(13-12-6)8-5-7(14-2)3-4-10-8/h3-5H,1-2H3,(H,11,12,13). The first-order valence-corrected chi connectivity index (χ1v) is 4.19. The second kappa shape index (κ2) is 3.45. The van der Waals surface area contributed by atoms with Crippen molar-refractivity contribution in [3.8, 4) is 17.3 Å². The number of methoxy groups -OCH3 is 1. The van der Waals surface area contributed by atoms with Gasteiger partial charge in [-0.25, -0.2) is 4.98 Å². The normalized spacial score (nSPS) is 10.1. The molecule has 0 fully saturated rings. The average Bonchev–Trinajstić information content (AvgIpc) is 2.65. The Hall–Kier alpha value is -1.91. The van der Waals surface area contributed by atoms with Crippen LogP contribution in [0.5, 0.6) is 5.75 Å². The van der Waals surface area contributed by atoms with Crippen molar-refractivity contribution in [2.24, 2.45) is 0 Å². The number of nitrogens with zero attached hydrogens (tertiary/aromatic N) is 3. The van der Waals surface area contributed by atoms with Crippen molar-refractivity contribution >= 4 is 0 Å². The van der Waals surface area contributed by atoms with E-state index in [2.05, 4.69) is 20.2 Å². The lowest BCUT2D eigenvalue weighted by Crippen LogP contribution is -1.88. The minimum Gasteiger partial charge on any atom is -0.497 e. The van der Waals surface area contributed by atoms with E-state index in [1.54, 1.807) is 25.4 Å². The summed E-state index contributed by atoms with van der Waals surface area (Å²) < 4.78 is 5.08. The Labute approximate surface area is 81.2 Å². The highest BCUT2D eigenvalue weighted by Gasteiger charge is 2.05. The fraction of sp³-hybridized carbons (Fsp3) is 0.222. The van der Waals surface area contributed by atoms with Gasteiger partial charge in [0.15, 0.2) is 5.82 Å². The minimum atomic E-state index is 0.585. The van der Waals surface area contributed by atoms with Crippen LogP contribution >= 0.6 is 0 Å². The minimum absolute atomic E-state index is 0.585. The van der Waals surface area contributed by atoms with E-state index in [-0.39, 0.29) is 0 Å². The van der Waals surface area contributed by atoms with Gasteiger partial charge in [-0.1, -0.05) is 0 Å². The predicted molar refractivity (Wildman–Crippen MR) is 50.9 cm³/mol. The van der Waals surface area contributed by atoms with Crippen molar-refractivity contribution in [2.75, 3.05) is 7.11 Å². The molecule has 0 saturated carbocycles. The fourth-order valence-electron chi connectivity index (χ4n) is 1.12. The Kier molecular flexibility index (Phi) is 2.14. The summed E-state index contributed by atoms with van der Waals surface area (Å²) in [5, 5.41) is 6.77. The maximum Gasteiger partial charge on any atom is 0.199 e. The Bertz CT molecular complexity index is 438. The third-order valence-corrected chi connectivity index (χ3v) is 1.79. The molecule has 0 atom stereocenters. The summed E-state index contributed by atoms with van der Waals surface area (Å²) in [6.07, 6.45) is 1.67. The molecule has 0 aliphatic rings. The Morgan fingerprint density at radius 1 is 1.43 bits per heavy atom. The predicted octanol–water partition coefficient (Wildman–Crippen LogP) is 1.18. The maximum absolute atomic E-state index is 5.08. The molecule has 0 unspecified atom stereocenters. The van der Waals surface area contributed by atoms with Gasteiger partial charge in [-0.15, -0.1) is 0 Å². The highest BCUT2D eigenvalue weighted by molar-refractivity contribution is 5.50. The van der Waals surface area contributed by atoms with Crippen LogP contribution in [-0.4, -0.2) is 27.3 Å². The van der Waals surface area contributed by atoms with Crippen LogP contribution in [0.4, 0.5) is 0 Å². The van der Waals surface area contributed by atoms with E-state index in [0.29, 0.717) is 11.5 Å². The van der Waals surface area contributed by atoms with Gasteiger partial charge >= 0.3 is 0 Å². The van der Waals surface area contributed by atoms with Gasteiger partial charge in [-0.05, 0) is 13.0 Å². The smallest absolute Gasteiger partial charge is 0.199 e. The number of hydrogen-bond acceptors (Lipinski definition) is 4. The Balaban J connectivity index is 2.41. The van der Waals surface area contributed by atoms with Crippen LogP contribution in [0.15, 0.2) is 18.3 Å². The summed E-state index contributed by atoms with van der Waals surface area (Å²) in [6.45, 7) is 1.84. The Morgan fingerprint density at radius 2 is 2.29 bits per heavy atom. The van der Waals surface area contributed by atoms with Crippen molar-refractivity contribution in [1.82, 2.24) is 20.2 Å². The molecule has 0 amide bonds. The largest absolute Gasteiger partial charge is 0.497 e. The molecule has 2 aromatic heterocycles. The summed E-state index contributed by atoms with van der Waals surface area (Å²) >= 11 is 0. The molecule has 2 heterocycles. The molecule has 5 heteroatoms. The van der Waals surface area contributed by atoms with Crippen molar-refractivity contribution < 1.29 is 4.74 Å². The zero-order valence-corrected chi connectivity index (χ0v) is 7.98. The fourth-order valence-corrected chi connectivity index (χ4v) is 1.12. The second-order valence-electron chi connectivity index (χ2n) is 2.83. The molecule has 1 N–H and O–H groups in total. The first-order valence-electron chi connectivity index (χ1n) is 4.19. The summed E-state index contributed by atoms with van der Waals surface area (Å²) in [5.74, 6) is 2.10. The topological polar surface area (TPSA) is 63.7 Å². The van der Waals surface area contributed by atoms with Crippen molar-refractivity contribution in [2.45, 2.75) is 6.92 Å². The monoisotopic (exact) mass is 190 g/mol. The average molecular weight is 190 g/mol. The summed E-state index contributed by atoms with van der Waals surface area (Å²) in [4.78, 5) is 8.32. The van der Waals surface area contributed by atoms with Gasteiger partial charge in [0.05, 0.1) is 7.11 Å². The molecule has 0 aliphatic carbocycles. The van der Waals surface area contributed by atoms with Crippen molar-refractivity contribution in [3.05, 3.63) is 24.2 Å². The first-order chi connectivity index (χ1) is 6.79. The number of pyridine rings is 1. The number of aryl methyl sites for hydroxylation is 1. The molecule has 2 aromatic rings. The van der Waals surface area contributed by atoms with E-state index >= 15 is 0 Å². The van der Waals surface area contributed by atoms with E-state index in [1.807, 2.05) is 6.92 Å². The van der Waals surface area contributed by atoms with E-state index in [1.165, 1.54) is 0 Å². The van der Waals surface area contributed by atoms with Crippen LogP contribution in [0, 0.1) is 6.92 Å². The number of aromatic nitrogens is 4. The molecule has 5 nitrogen and oxygen atoms in total. The number of rotatable bonds is 2. The lowest BCUT2D eigenvalue weighted by molar-refractivity contribution is 0.414. The summed E-state index contributed by atoms with van der Waals surface area (Å²) in [7, 11) is 1.61. The first kappa shape index (κ1) is 8.68. The number of H-pyrrole nitrogens is 1.